The molecule has 6 atom stereocenters. The highest BCUT2D eigenvalue weighted by Gasteiger charge is 2.64. The number of Topliss-reactive ketones (excluding diaryl/α,β-unsaturated/α-hetero) is 2. The number of ether oxygens (including phenoxy) is 2. The van der Waals surface area contributed by atoms with Gasteiger partial charge in [0.2, 0.25) is 6.29 Å². The van der Waals surface area contributed by atoms with Crippen LogP contribution in [0.1, 0.15) is 26.3 Å². The van der Waals surface area contributed by atoms with Crippen molar-refractivity contribution in [2.24, 2.45) is 17.3 Å². The number of fused-ring (bicyclic) bond motifs is 8. The van der Waals surface area contributed by atoms with Gasteiger partial charge >= 0.3 is 0 Å². The number of hydrogen-bond acceptors (Lipinski definition) is 5. The normalized spacial score (nSPS) is 37.3. The molecule has 0 N–H and O–H groups in total. The molecule has 5 rings (SSSR count). The first kappa shape index (κ1) is 16.2. The van der Waals surface area contributed by atoms with Gasteiger partial charge in [0.15, 0.2) is 11.6 Å². The molecule has 4 heterocycles. The van der Waals surface area contributed by atoms with Gasteiger partial charge in [-0.15, -0.1) is 0 Å². The van der Waals surface area contributed by atoms with Crippen molar-refractivity contribution in [2.75, 3.05) is 11.5 Å². The summed E-state index contributed by atoms with van der Waals surface area (Å²) in [7, 11) is 0. The number of nitrogens with zero attached hydrogens (tertiary/aromatic N) is 1. The molecule has 0 saturated carbocycles. The van der Waals surface area contributed by atoms with Crippen LogP contribution in [-0.2, 0) is 19.1 Å². The average molecular weight is 353 g/mol. The second-order valence-electron chi connectivity index (χ2n) is 8.72. The Morgan fingerprint density at radius 2 is 2.00 bits per heavy atom. The minimum absolute atomic E-state index is 0.0213. The lowest BCUT2D eigenvalue weighted by Crippen LogP contribution is -2.51. The van der Waals surface area contributed by atoms with E-state index in [2.05, 4.69) is 23.1 Å². The van der Waals surface area contributed by atoms with E-state index in [1.807, 2.05) is 39.0 Å². The Balaban J connectivity index is 1.69. The number of carbonyl (C=O) groups is 2. The van der Waals surface area contributed by atoms with Crippen molar-refractivity contribution < 1.29 is 19.1 Å². The van der Waals surface area contributed by atoms with Crippen LogP contribution >= 0.6 is 0 Å². The van der Waals surface area contributed by atoms with Gasteiger partial charge in [-0.25, -0.2) is 0 Å². The minimum Gasteiger partial charge on any atom is -0.353 e. The minimum atomic E-state index is -0.767. The van der Waals surface area contributed by atoms with Crippen LogP contribution in [0.15, 0.2) is 30.3 Å². The molecule has 5 heteroatoms. The molecule has 3 fully saturated rings. The van der Waals surface area contributed by atoms with Gasteiger partial charge in [-0.3, -0.25) is 9.59 Å². The molecule has 0 aliphatic carbocycles. The number of rotatable bonds is 1. The summed E-state index contributed by atoms with van der Waals surface area (Å²) < 4.78 is 11.4. The first-order chi connectivity index (χ1) is 12.4. The Kier molecular flexibility index (Phi) is 3.29. The van der Waals surface area contributed by atoms with Crippen molar-refractivity contribution >= 4 is 23.3 Å². The van der Waals surface area contributed by atoms with E-state index >= 15 is 0 Å². The molecule has 1 aromatic carbocycles. The lowest BCUT2D eigenvalue weighted by atomic mass is 9.74. The van der Waals surface area contributed by atoms with Crippen molar-refractivity contribution in [3.05, 3.63) is 35.9 Å². The van der Waals surface area contributed by atoms with Gasteiger partial charge < -0.3 is 14.4 Å². The molecule has 26 heavy (non-hydrogen) atoms. The van der Waals surface area contributed by atoms with Gasteiger partial charge in [0.25, 0.3) is 0 Å². The third kappa shape index (κ3) is 2.04. The van der Waals surface area contributed by atoms with Crippen LogP contribution in [0.3, 0.4) is 0 Å². The Morgan fingerprint density at radius 1 is 1.23 bits per heavy atom. The molecule has 3 saturated heterocycles. The summed E-state index contributed by atoms with van der Waals surface area (Å²) in [4.78, 5) is 28.7. The van der Waals surface area contributed by atoms with Crippen LogP contribution in [0, 0.1) is 17.3 Å². The first-order valence-corrected chi connectivity index (χ1v) is 9.28. The van der Waals surface area contributed by atoms with Crippen LogP contribution in [0.25, 0.3) is 6.08 Å². The zero-order chi connectivity index (χ0) is 18.2. The lowest BCUT2D eigenvalue weighted by Gasteiger charge is -2.38. The van der Waals surface area contributed by atoms with Gasteiger partial charge in [-0.05, 0) is 11.6 Å². The number of para-hydroxylation sites is 1. The van der Waals surface area contributed by atoms with Crippen molar-refractivity contribution in [2.45, 2.75) is 45.2 Å². The van der Waals surface area contributed by atoms with E-state index in [9.17, 15) is 9.59 Å². The van der Waals surface area contributed by atoms with E-state index in [4.69, 9.17) is 9.47 Å². The third-order valence-corrected chi connectivity index (χ3v) is 6.16. The fourth-order valence-electron chi connectivity index (χ4n) is 5.02. The predicted molar refractivity (Wildman–Crippen MR) is 96.6 cm³/mol. The van der Waals surface area contributed by atoms with Crippen molar-refractivity contribution in [1.29, 1.82) is 0 Å². The molecule has 4 aliphatic rings. The summed E-state index contributed by atoms with van der Waals surface area (Å²) in [6.45, 7) is 6.23. The molecule has 0 amide bonds. The largest absolute Gasteiger partial charge is 0.353 e. The molecule has 5 nitrogen and oxygen atoms in total. The summed E-state index contributed by atoms with van der Waals surface area (Å²) in [6, 6.07) is 7.59. The second-order valence-corrected chi connectivity index (χ2v) is 8.72. The fourth-order valence-corrected chi connectivity index (χ4v) is 5.02. The lowest BCUT2D eigenvalue weighted by molar-refractivity contribution is -0.164. The zero-order valence-corrected chi connectivity index (χ0v) is 15.2. The molecular weight excluding hydrogens is 330 g/mol. The zero-order valence-electron chi connectivity index (χ0n) is 15.2. The van der Waals surface area contributed by atoms with E-state index in [0.29, 0.717) is 6.61 Å². The number of hydrogen-bond donors (Lipinski definition) is 0. The first-order valence-electron chi connectivity index (χ1n) is 9.28. The summed E-state index contributed by atoms with van der Waals surface area (Å²) in [5.41, 5.74) is 1.62. The topological polar surface area (TPSA) is 55.8 Å². The highest BCUT2D eigenvalue weighted by atomic mass is 16.7. The quantitative estimate of drug-likeness (QED) is 0.776. The number of carbonyl (C=O) groups excluding carboxylic acids is 2. The number of ketones is 2. The Labute approximate surface area is 153 Å². The summed E-state index contributed by atoms with van der Waals surface area (Å²) in [5, 5.41) is 0. The number of anilines is 1. The van der Waals surface area contributed by atoms with Crippen LogP contribution < -0.4 is 4.90 Å². The third-order valence-electron chi connectivity index (χ3n) is 6.16. The summed E-state index contributed by atoms with van der Waals surface area (Å²) in [5.74, 6) is -0.301. The average Bonchev–Trinajstić information content (AvgIpc) is 3.19. The van der Waals surface area contributed by atoms with Gasteiger partial charge in [0, 0.05) is 17.0 Å². The smallest absolute Gasteiger partial charge is 0.218 e. The molecule has 2 bridgehead atoms. The van der Waals surface area contributed by atoms with Gasteiger partial charge in [0.05, 0.1) is 30.7 Å². The van der Waals surface area contributed by atoms with E-state index in [-0.39, 0.29) is 41.6 Å². The van der Waals surface area contributed by atoms with Gasteiger partial charge in [-0.1, -0.05) is 51.1 Å². The molecule has 0 aromatic heterocycles. The molecular formula is C21H23NO4. The molecule has 136 valence electrons. The van der Waals surface area contributed by atoms with E-state index in [1.165, 1.54) is 0 Å². The van der Waals surface area contributed by atoms with E-state index in [0.717, 1.165) is 11.3 Å². The molecule has 0 spiro atoms. The van der Waals surface area contributed by atoms with Crippen LogP contribution in [-0.4, -0.2) is 42.7 Å². The summed E-state index contributed by atoms with van der Waals surface area (Å²) in [6.07, 6.45) is 3.18. The highest BCUT2D eigenvalue weighted by molar-refractivity contribution is 5.98. The number of benzene rings is 1. The second kappa shape index (κ2) is 5.27. The van der Waals surface area contributed by atoms with Crippen molar-refractivity contribution in [3.63, 3.8) is 0 Å². The molecule has 1 aromatic rings. The van der Waals surface area contributed by atoms with Gasteiger partial charge in [-0.2, -0.15) is 0 Å². The monoisotopic (exact) mass is 353 g/mol. The van der Waals surface area contributed by atoms with Crippen LogP contribution in [0.4, 0.5) is 5.69 Å². The Morgan fingerprint density at radius 3 is 2.77 bits per heavy atom. The molecule has 0 radical (unpaired) electrons. The predicted octanol–water partition coefficient (Wildman–Crippen LogP) is 2.44. The molecule has 4 aliphatic heterocycles. The Bertz CT molecular complexity index is 824. The van der Waals surface area contributed by atoms with Gasteiger partial charge in [0.1, 0.15) is 0 Å². The fraction of sp³-hybridized carbons (Fsp3) is 0.524. The molecule has 0 unspecified atom stereocenters. The SMILES string of the molecule is CC(C)(C)C(=O)[C@H]1[C@@H]2[C@@H](C(=O)[C@H]3OC[C@@H]2O3)[C@H]2C=Cc3ccccc3N21. The highest BCUT2D eigenvalue weighted by Crippen LogP contribution is 2.51. The van der Waals surface area contributed by atoms with E-state index in [1.54, 1.807) is 0 Å². The maximum absolute atomic E-state index is 13.5. The Hall–Kier alpha value is -1.98. The van der Waals surface area contributed by atoms with Crippen molar-refractivity contribution in [1.82, 2.24) is 0 Å². The maximum atomic E-state index is 13.5. The van der Waals surface area contributed by atoms with Crippen molar-refractivity contribution in [3.8, 4) is 0 Å². The van der Waals surface area contributed by atoms with Crippen LogP contribution in [0.2, 0.25) is 0 Å². The maximum Gasteiger partial charge on any atom is 0.218 e. The van der Waals surface area contributed by atoms with E-state index < -0.39 is 11.7 Å². The standard InChI is InChI=1S/C21H23NO4/c1-21(2,3)19(24)17-16-14-10-25-20(26-14)18(23)15(16)13-9-8-11-6-4-5-7-12(11)22(13)17/h4-9,13-17,20H,10H2,1-3H3/t13-,14+,15+,16+,17-,20+/m1/s1. The van der Waals surface area contributed by atoms with Crippen LogP contribution in [0.5, 0.6) is 0 Å². The summed E-state index contributed by atoms with van der Waals surface area (Å²) >= 11 is 0.